The summed E-state index contributed by atoms with van der Waals surface area (Å²) in [5.41, 5.74) is 0. The minimum Gasteiger partial charge on any atom is -0.479 e. The van der Waals surface area contributed by atoms with Crippen LogP contribution >= 0.6 is 0 Å². The van der Waals surface area contributed by atoms with E-state index in [0.717, 1.165) is 103 Å². The molecule has 6 atom stereocenters. The third kappa shape index (κ3) is 41.2. The van der Waals surface area contributed by atoms with Gasteiger partial charge in [-0.25, -0.2) is 4.79 Å². The van der Waals surface area contributed by atoms with Crippen LogP contribution in [0.2, 0.25) is 0 Å². The number of hydrogen-bond donors (Lipinski definition) is 3. The maximum Gasteiger partial charge on any atom is 0.335 e. The van der Waals surface area contributed by atoms with Crippen molar-refractivity contribution >= 4 is 23.9 Å². The normalized spacial score (nSPS) is 18.5. The van der Waals surface area contributed by atoms with Gasteiger partial charge in [0.05, 0.1) is 6.61 Å². The molecule has 0 aromatic heterocycles. The van der Waals surface area contributed by atoms with Crippen molar-refractivity contribution < 1.29 is 58.2 Å². The van der Waals surface area contributed by atoms with Crippen molar-refractivity contribution in [3.8, 4) is 0 Å². The van der Waals surface area contributed by atoms with Crippen molar-refractivity contribution in [1.82, 2.24) is 0 Å². The standard InChI is InChI=1S/C63H108O12/c1-4-7-10-13-16-19-22-25-27-28-30-32-34-37-40-43-46-49-55(64)71-52-54(73-56(65)50-47-44-41-38-36-33-29-26-23-20-17-14-11-8-5-2)53-72-63-61(59(68)58(67)60(75-63)62(69)70)74-57(66)51-48-45-42-39-35-31-24-21-18-15-12-9-6-3/h9,12,18,21,25-27,29,31,35,54,58-61,63,67-68H,4-8,10-11,13-17,19-20,22-24,28,30,32-34,36-53H2,1-3H3,(H,69,70)/b12-9-,21-18-,27-25-,29-26-,35-31-. The Labute approximate surface area is 456 Å². The molecular formula is C63H108O12. The Hall–Kier alpha value is -3.58. The van der Waals surface area contributed by atoms with Crippen LogP contribution in [0.3, 0.4) is 0 Å². The summed E-state index contributed by atoms with van der Waals surface area (Å²) < 4.78 is 28.4. The molecule has 6 unspecified atom stereocenters. The highest BCUT2D eigenvalue weighted by molar-refractivity contribution is 5.74. The van der Waals surface area contributed by atoms with E-state index in [1.165, 1.54) is 103 Å². The van der Waals surface area contributed by atoms with Gasteiger partial charge in [0.1, 0.15) is 18.8 Å². The molecule has 0 aliphatic carbocycles. The smallest absolute Gasteiger partial charge is 0.335 e. The second-order valence-electron chi connectivity index (χ2n) is 20.6. The zero-order chi connectivity index (χ0) is 54.7. The highest BCUT2D eigenvalue weighted by atomic mass is 16.7. The molecule has 1 aliphatic heterocycles. The van der Waals surface area contributed by atoms with Crippen LogP contribution in [0.25, 0.3) is 0 Å². The van der Waals surface area contributed by atoms with Gasteiger partial charge in [0.25, 0.3) is 0 Å². The fourth-order valence-corrected chi connectivity index (χ4v) is 8.90. The van der Waals surface area contributed by atoms with E-state index in [4.69, 9.17) is 23.7 Å². The summed E-state index contributed by atoms with van der Waals surface area (Å²) in [6.07, 6.45) is 50.5. The quantitative estimate of drug-likeness (QED) is 0.0228. The van der Waals surface area contributed by atoms with E-state index >= 15 is 0 Å². The first-order valence-electron chi connectivity index (χ1n) is 30.3. The van der Waals surface area contributed by atoms with Crippen LogP contribution < -0.4 is 0 Å². The van der Waals surface area contributed by atoms with Gasteiger partial charge in [-0.1, -0.05) is 204 Å². The van der Waals surface area contributed by atoms with Crippen LogP contribution in [0.1, 0.15) is 265 Å². The molecule has 0 aromatic rings. The van der Waals surface area contributed by atoms with Crippen molar-refractivity contribution in [3.63, 3.8) is 0 Å². The summed E-state index contributed by atoms with van der Waals surface area (Å²) in [5.74, 6) is -3.16. The lowest BCUT2D eigenvalue weighted by Crippen LogP contribution is -2.61. The zero-order valence-electron chi connectivity index (χ0n) is 47.5. The molecule has 1 fully saturated rings. The Kier molecular flexibility index (Phi) is 47.4. The summed E-state index contributed by atoms with van der Waals surface area (Å²) >= 11 is 0. The number of allylic oxidation sites excluding steroid dienone is 10. The molecule has 0 bridgehead atoms. The van der Waals surface area contributed by atoms with Crippen LogP contribution in [-0.2, 0) is 42.9 Å². The Morgan fingerprint density at radius 1 is 0.453 bits per heavy atom. The third-order valence-electron chi connectivity index (χ3n) is 13.5. The van der Waals surface area contributed by atoms with Gasteiger partial charge >= 0.3 is 23.9 Å². The fraction of sp³-hybridized carbons (Fsp3) is 0.778. The average Bonchev–Trinajstić information content (AvgIpc) is 3.39. The maximum absolute atomic E-state index is 13.2. The van der Waals surface area contributed by atoms with E-state index in [2.05, 4.69) is 81.5 Å². The lowest BCUT2D eigenvalue weighted by molar-refractivity contribution is -0.301. The topological polar surface area (TPSA) is 175 Å². The van der Waals surface area contributed by atoms with Gasteiger partial charge in [-0.3, -0.25) is 14.4 Å². The number of carboxylic acids is 1. The van der Waals surface area contributed by atoms with Gasteiger partial charge in [0, 0.05) is 19.3 Å². The Morgan fingerprint density at radius 3 is 1.31 bits per heavy atom. The molecule has 75 heavy (non-hydrogen) atoms. The first-order chi connectivity index (χ1) is 36.6. The minimum absolute atomic E-state index is 0.0237. The van der Waals surface area contributed by atoms with E-state index < -0.39 is 67.3 Å². The first-order valence-corrected chi connectivity index (χ1v) is 30.3. The number of rotatable bonds is 51. The number of carbonyl (C=O) groups is 4. The highest BCUT2D eigenvalue weighted by Crippen LogP contribution is 2.26. The summed E-state index contributed by atoms with van der Waals surface area (Å²) in [7, 11) is 0. The van der Waals surface area contributed by atoms with E-state index in [0.29, 0.717) is 19.3 Å². The van der Waals surface area contributed by atoms with Gasteiger partial charge in [0.2, 0.25) is 0 Å². The number of carbonyl (C=O) groups excluding carboxylic acids is 3. The molecule has 3 N–H and O–H groups in total. The molecule has 12 heteroatoms. The fourth-order valence-electron chi connectivity index (χ4n) is 8.90. The van der Waals surface area contributed by atoms with Crippen LogP contribution in [0.4, 0.5) is 0 Å². The first kappa shape index (κ1) is 69.4. The molecule has 0 amide bonds. The molecule has 432 valence electrons. The largest absolute Gasteiger partial charge is 0.479 e. The molecule has 0 spiro atoms. The molecule has 0 saturated carbocycles. The van der Waals surface area contributed by atoms with Crippen LogP contribution in [0, 0.1) is 0 Å². The number of aliphatic carboxylic acids is 1. The van der Waals surface area contributed by atoms with Crippen molar-refractivity contribution in [2.75, 3.05) is 13.2 Å². The summed E-state index contributed by atoms with van der Waals surface area (Å²) in [5, 5.41) is 31.5. The second-order valence-corrected chi connectivity index (χ2v) is 20.6. The lowest BCUT2D eigenvalue weighted by Gasteiger charge is -2.40. The van der Waals surface area contributed by atoms with Crippen LogP contribution in [0.5, 0.6) is 0 Å². The van der Waals surface area contributed by atoms with Gasteiger partial charge in [-0.15, -0.1) is 0 Å². The van der Waals surface area contributed by atoms with E-state index in [-0.39, 0.29) is 25.9 Å². The van der Waals surface area contributed by atoms with Crippen molar-refractivity contribution in [2.24, 2.45) is 0 Å². The third-order valence-corrected chi connectivity index (χ3v) is 13.5. The van der Waals surface area contributed by atoms with Gasteiger partial charge in [0.15, 0.2) is 24.6 Å². The van der Waals surface area contributed by atoms with Gasteiger partial charge in [-0.2, -0.15) is 0 Å². The van der Waals surface area contributed by atoms with Crippen molar-refractivity contribution in [1.29, 1.82) is 0 Å². The maximum atomic E-state index is 13.2. The van der Waals surface area contributed by atoms with E-state index in [1.54, 1.807) is 0 Å². The van der Waals surface area contributed by atoms with Crippen molar-refractivity contribution in [3.05, 3.63) is 60.8 Å². The predicted molar refractivity (Wildman–Crippen MR) is 303 cm³/mol. The summed E-state index contributed by atoms with van der Waals surface area (Å²) in [4.78, 5) is 51.1. The summed E-state index contributed by atoms with van der Waals surface area (Å²) in [6.45, 7) is 5.85. The Morgan fingerprint density at radius 2 is 0.840 bits per heavy atom. The average molecular weight is 1060 g/mol. The number of ether oxygens (including phenoxy) is 5. The second kappa shape index (κ2) is 51.2. The molecule has 1 rings (SSSR count). The number of hydrogen-bond acceptors (Lipinski definition) is 11. The molecular weight excluding hydrogens is 949 g/mol. The number of aliphatic hydroxyl groups is 2. The molecule has 12 nitrogen and oxygen atoms in total. The molecule has 0 radical (unpaired) electrons. The lowest BCUT2D eigenvalue weighted by atomic mass is 9.98. The number of unbranched alkanes of at least 4 members (excludes halogenated alkanes) is 27. The van der Waals surface area contributed by atoms with Crippen LogP contribution in [-0.4, -0.2) is 89.2 Å². The molecule has 0 aromatic carbocycles. The Bertz CT molecular complexity index is 1540. The Balaban J connectivity index is 2.70. The number of esters is 3. The molecule has 1 aliphatic rings. The minimum atomic E-state index is -1.91. The highest BCUT2D eigenvalue weighted by Gasteiger charge is 2.50. The summed E-state index contributed by atoms with van der Waals surface area (Å²) in [6, 6.07) is 0. The van der Waals surface area contributed by atoms with Crippen molar-refractivity contribution in [2.45, 2.75) is 302 Å². The number of aliphatic hydroxyl groups excluding tert-OH is 2. The molecule has 1 heterocycles. The van der Waals surface area contributed by atoms with E-state index in [9.17, 15) is 34.5 Å². The van der Waals surface area contributed by atoms with Crippen LogP contribution in [0.15, 0.2) is 60.8 Å². The zero-order valence-corrected chi connectivity index (χ0v) is 47.5. The monoisotopic (exact) mass is 1060 g/mol. The SMILES string of the molecule is CC/C=C\C/C=C\C/C=C\CCCCCC(=O)OC1C(OCC(COC(=O)CCCCCCCCC/C=C\CCCCCCCC)OC(=O)CCCCCCC/C=C\CCCCCCCC)OC(C(=O)O)C(O)C1O. The van der Waals surface area contributed by atoms with E-state index in [1.807, 2.05) is 0 Å². The molecule has 1 saturated heterocycles. The van der Waals surface area contributed by atoms with Gasteiger partial charge in [-0.05, 0) is 103 Å². The number of carboxylic acid groups (broad SMARTS) is 1. The predicted octanol–water partition coefficient (Wildman–Crippen LogP) is 15.6. The van der Waals surface area contributed by atoms with Gasteiger partial charge < -0.3 is 39.0 Å².